The second-order valence-electron chi connectivity index (χ2n) is 4.00. The summed E-state index contributed by atoms with van der Waals surface area (Å²) in [5.41, 5.74) is 0.688. The summed E-state index contributed by atoms with van der Waals surface area (Å²) >= 11 is 0. The van der Waals surface area contributed by atoms with E-state index in [9.17, 15) is 14.7 Å². The molecule has 92 valence electrons. The molecule has 1 N–H and O–H groups in total. The largest absolute Gasteiger partial charge is 0.386 e. The van der Waals surface area contributed by atoms with Gasteiger partial charge >= 0.3 is 0 Å². The summed E-state index contributed by atoms with van der Waals surface area (Å²) in [5.74, 6) is -0.722. The molecule has 0 spiro atoms. The Morgan fingerprint density at radius 1 is 1.12 bits per heavy atom. The predicted octanol–water partition coefficient (Wildman–Crippen LogP) is 1.50. The van der Waals surface area contributed by atoms with Gasteiger partial charge in [0.25, 0.3) is 0 Å². The molecule has 1 aromatic rings. The van der Waals surface area contributed by atoms with Crippen LogP contribution in [0.25, 0.3) is 0 Å². The van der Waals surface area contributed by atoms with Gasteiger partial charge in [0.15, 0.2) is 0 Å². The third-order valence-corrected chi connectivity index (χ3v) is 2.68. The lowest BCUT2D eigenvalue weighted by Gasteiger charge is -2.29. The van der Waals surface area contributed by atoms with Crippen LogP contribution in [0.15, 0.2) is 30.3 Å². The first kappa shape index (κ1) is 13.4. The third kappa shape index (κ3) is 3.14. The van der Waals surface area contributed by atoms with Crippen LogP contribution in [0, 0.1) is 0 Å². The van der Waals surface area contributed by atoms with Gasteiger partial charge in [0.1, 0.15) is 0 Å². The number of imide groups is 1. The summed E-state index contributed by atoms with van der Waals surface area (Å²) in [5, 5.41) is 10.1. The number of aliphatic hydroxyl groups is 1. The number of aliphatic hydroxyl groups excluding tert-OH is 1. The van der Waals surface area contributed by atoms with Crippen LogP contribution in [0.5, 0.6) is 0 Å². The SMILES string of the molecule is CC(=O)N(C(C)=O)[C@@H](C)[C@@H](O)c1ccccc1. The van der Waals surface area contributed by atoms with E-state index < -0.39 is 12.1 Å². The van der Waals surface area contributed by atoms with Crippen molar-refractivity contribution < 1.29 is 14.7 Å². The maximum atomic E-state index is 11.4. The van der Waals surface area contributed by atoms with Crippen molar-refractivity contribution in [2.24, 2.45) is 0 Å². The molecule has 1 rings (SSSR count). The molecule has 0 aliphatic heterocycles. The molecule has 1 aromatic carbocycles. The lowest BCUT2D eigenvalue weighted by molar-refractivity contribution is -0.147. The topological polar surface area (TPSA) is 57.6 Å². The first-order valence-corrected chi connectivity index (χ1v) is 5.48. The van der Waals surface area contributed by atoms with Crippen LogP contribution in [0.1, 0.15) is 32.4 Å². The van der Waals surface area contributed by atoms with Crippen molar-refractivity contribution in [1.82, 2.24) is 4.90 Å². The summed E-state index contributed by atoms with van der Waals surface area (Å²) in [4.78, 5) is 23.8. The van der Waals surface area contributed by atoms with Gasteiger partial charge in [-0.25, -0.2) is 0 Å². The van der Waals surface area contributed by atoms with Gasteiger partial charge in [-0.1, -0.05) is 30.3 Å². The van der Waals surface area contributed by atoms with Crippen LogP contribution < -0.4 is 0 Å². The highest BCUT2D eigenvalue weighted by Crippen LogP contribution is 2.20. The molecule has 0 aromatic heterocycles. The molecule has 0 heterocycles. The fraction of sp³-hybridized carbons (Fsp3) is 0.385. The minimum atomic E-state index is -0.871. The molecule has 17 heavy (non-hydrogen) atoms. The lowest BCUT2D eigenvalue weighted by atomic mass is 10.0. The van der Waals surface area contributed by atoms with Crippen LogP contribution in [0.4, 0.5) is 0 Å². The molecule has 0 aliphatic rings. The number of benzene rings is 1. The Bertz CT molecular complexity index is 388. The second-order valence-corrected chi connectivity index (χ2v) is 4.00. The first-order chi connectivity index (χ1) is 7.95. The molecule has 4 nitrogen and oxygen atoms in total. The summed E-state index contributed by atoms with van der Waals surface area (Å²) in [7, 11) is 0. The highest BCUT2D eigenvalue weighted by molar-refractivity contribution is 5.93. The number of nitrogens with zero attached hydrogens (tertiary/aromatic N) is 1. The van der Waals surface area contributed by atoms with Crippen molar-refractivity contribution in [2.45, 2.75) is 32.9 Å². The van der Waals surface area contributed by atoms with E-state index >= 15 is 0 Å². The predicted molar refractivity (Wildman–Crippen MR) is 64.1 cm³/mol. The van der Waals surface area contributed by atoms with Crippen molar-refractivity contribution in [1.29, 1.82) is 0 Å². The van der Waals surface area contributed by atoms with Crippen LogP contribution >= 0.6 is 0 Å². The molecule has 0 bridgehead atoms. The molecular weight excluding hydrogens is 218 g/mol. The highest BCUT2D eigenvalue weighted by atomic mass is 16.3. The molecule has 0 saturated carbocycles. The van der Waals surface area contributed by atoms with Gasteiger partial charge in [-0.2, -0.15) is 0 Å². The van der Waals surface area contributed by atoms with Crippen LogP contribution in [0.2, 0.25) is 0 Å². The Labute approximate surface area is 101 Å². The summed E-state index contributed by atoms with van der Waals surface area (Å²) in [6.07, 6.45) is -0.871. The number of carbonyl (C=O) groups is 2. The van der Waals surface area contributed by atoms with E-state index in [0.717, 1.165) is 4.90 Å². The Balaban J connectivity index is 2.92. The second kappa shape index (κ2) is 5.59. The summed E-state index contributed by atoms with van der Waals surface area (Å²) < 4.78 is 0. The normalized spacial score (nSPS) is 13.9. The monoisotopic (exact) mass is 235 g/mol. The molecule has 2 atom stereocenters. The standard InChI is InChI=1S/C13H17NO3/c1-9(14(10(2)15)11(3)16)13(17)12-7-5-4-6-8-12/h4-9,13,17H,1-3H3/t9-,13+/m0/s1. The first-order valence-electron chi connectivity index (χ1n) is 5.48. The molecule has 0 radical (unpaired) electrons. The van der Waals surface area contributed by atoms with Gasteiger partial charge in [-0.15, -0.1) is 0 Å². The number of rotatable bonds is 3. The fourth-order valence-corrected chi connectivity index (χ4v) is 1.87. The van der Waals surface area contributed by atoms with Crippen molar-refractivity contribution in [3.63, 3.8) is 0 Å². The van der Waals surface area contributed by atoms with Gasteiger partial charge in [0.05, 0.1) is 12.1 Å². The van der Waals surface area contributed by atoms with Crippen molar-refractivity contribution in [2.75, 3.05) is 0 Å². The molecular formula is C13H17NO3. The quantitative estimate of drug-likeness (QED) is 0.863. The van der Waals surface area contributed by atoms with Crippen LogP contribution in [0.3, 0.4) is 0 Å². The van der Waals surface area contributed by atoms with E-state index in [4.69, 9.17) is 0 Å². The number of carbonyl (C=O) groups excluding carboxylic acids is 2. The Kier molecular flexibility index (Phi) is 4.40. The molecule has 0 saturated heterocycles. The maximum Gasteiger partial charge on any atom is 0.226 e. The van der Waals surface area contributed by atoms with Crippen molar-refractivity contribution >= 4 is 11.8 Å². The molecule has 4 heteroatoms. The minimum absolute atomic E-state index is 0.361. The molecule has 0 unspecified atom stereocenters. The zero-order chi connectivity index (χ0) is 13.0. The van der Waals surface area contributed by atoms with E-state index in [1.54, 1.807) is 31.2 Å². The van der Waals surface area contributed by atoms with Crippen LogP contribution in [-0.2, 0) is 9.59 Å². The molecule has 0 aliphatic carbocycles. The van der Waals surface area contributed by atoms with Gasteiger partial charge in [0.2, 0.25) is 11.8 Å². The summed E-state index contributed by atoms with van der Waals surface area (Å²) in [6.45, 7) is 4.28. The van der Waals surface area contributed by atoms with E-state index in [-0.39, 0.29) is 11.8 Å². The zero-order valence-corrected chi connectivity index (χ0v) is 10.3. The summed E-state index contributed by atoms with van der Waals surface area (Å²) in [6, 6.07) is 8.40. The number of hydrogen-bond donors (Lipinski definition) is 1. The fourth-order valence-electron chi connectivity index (χ4n) is 1.87. The van der Waals surface area contributed by atoms with E-state index in [2.05, 4.69) is 0 Å². The zero-order valence-electron chi connectivity index (χ0n) is 10.3. The Morgan fingerprint density at radius 2 is 1.59 bits per heavy atom. The van der Waals surface area contributed by atoms with E-state index in [0.29, 0.717) is 5.56 Å². The van der Waals surface area contributed by atoms with Crippen LogP contribution in [-0.4, -0.2) is 27.9 Å². The smallest absolute Gasteiger partial charge is 0.226 e. The lowest BCUT2D eigenvalue weighted by Crippen LogP contribution is -2.43. The minimum Gasteiger partial charge on any atom is -0.386 e. The average molecular weight is 235 g/mol. The van der Waals surface area contributed by atoms with E-state index in [1.807, 2.05) is 6.07 Å². The highest BCUT2D eigenvalue weighted by Gasteiger charge is 2.27. The number of amides is 2. The average Bonchev–Trinajstić information content (AvgIpc) is 2.28. The maximum absolute atomic E-state index is 11.4. The van der Waals surface area contributed by atoms with Crippen molar-refractivity contribution in [3.05, 3.63) is 35.9 Å². The van der Waals surface area contributed by atoms with Gasteiger partial charge < -0.3 is 5.11 Å². The Morgan fingerprint density at radius 3 is 2.00 bits per heavy atom. The van der Waals surface area contributed by atoms with Gasteiger partial charge in [-0.3, -0.25) is 14.5 Å². The third-order valence-electron chi connectivity index (χ3n) is 2.68. The number of hydrogen-bond acceptors (Lipinski definition) is 3. The van der Waals surface area contributed by atoms with Gasteiger partial charge in [-0.05, 0) is 12.5 Å². The Hall–Kier alpha value is -1.68. The van der Waals surface area contributed by atoms with Crippen molar-refractivity contribution in [3.8, 4) is 0 Å². The van der Waals surface area contributed by atoms with Gasteiger partial charge in [0, 0.05) is 13.8 Å². The van der Waals surface area contributed by atoms with E-state index in [1.165, 1.54) is 13.8 Å². The molecule has 0 fully saturated rings. The molecule has 2 amide bonds.